The topological polar surface area (TPSA) is 3.24 Å². The van der Waals surface area contributed by atoms with Crippen LogP contribution in [0.3, 0.4) is 0 Å². The van der Waals surface area contributed by atoms with Crippen molar-refractivity contribution >= 4 is 0 Å². The quantitative estimate of drug-likeness (QED) is 0.602. The molecular weight excluding hydrogens is 148 g/mol. The Bertz CT molecular complexity index is 122. The summed E-state index contributed by atoms with van der Waals surface area (Å²) < 4.78 is 25.6. The second-order valence-corrected chi connectivity index (χ2v) is 3.19. The van der Waals surface area contributed by atoms with Crippen LogP contribution in [-0.4, -0.2) is 30.0 Å². The van der Waals surface area contributed by atoms with Gasteiger partial charge in [-0.2, -0.15) is 0 Å². The molecule has 1 aliphatic heterocycles. The van der Waals surface area contributed by atoms with E-state index in [0.29, 0.717) is 0 Å². The largest absolute Gasteiger partial charge is 0.295 e. The van der Waals surface area contributed by atoms with Crippen molar-refractivity contribution in [2.45, 2.75) is 38.7 Å². The highest BCUT2D eigenvalue weighted by atomic mass is 19.3. The summed E-state index contributed by atoms with van der Waals surface area (Å²) in [6.07, 6.45) is 0.890. The Balaban J connectivity index is 2.55. The molecule has 1 rings (SSSR count). The van der Waals surface area contributed by atoms with Gasteiger partial charge in [0.2, 0.25) is 0 Å². The third-order valence-electron chi connectivity index (χ3n) is 2.36. The molecule has 3 heteroatoms. The summed E-state index contributed by atoms with van der Waals surface area (Å²) in [5.74, 6) is -2.43. The molecule has 11 heavy (non-hydrogen) atoms. The van der Waals surface area contributed by atoms with Crippen LogP contribution in [0, 0.1) is 0 Å². The van der Waals surface area contributed by atoms with E-state index >= 15 is 0 Å². The van der Waals surface area contributed by atoms with Gasteiger partial charge < -0.3 is 0 Å². The first-order valence-corrected chi connectivity index (χ1v) is 4.21. The number of nitrogens with zero attached hydrogens (tertiary/aromatic N) is 1. The molecule has 0 N–H and O–H groups in total. The zero-order valence-electron chi connectivity index (χ0n) is 7.11. The number of hydrogen-bond donors (Lipinski definition) is 0. The Labute approximate surface area is 66.4 Å². The molecule has 0 unspecified atom stereocenters. The van der Waals surface area contributed by atoms with Gasteiger partial charge in [0.1, 0.15) is 0 Å². The summed E-state index contributed by atoms with van der Waals surface area (Å²) in [6.45, 7) is 4.61. The van der Waals surface area contributed by atoms with Crippen LogP contribution in [0.5, 0.6) is 0 Å². The van der Waals surface area contributed by atoms with Crippen LogP contribution < -0.4 is 0 Å². The van der Waals surface area contributed by atoms with Gasteiger partial charge in [-0.3, -0.25) is 4.90 Å². The average Bonchev–Trinajstić information content (AvgIpc) is 2.25. The predicted molar refractivity (Wildman–Crippen MR) is 40.9 cm³/mol. The molecule has 0 amide bonds. The number of likely N-dealkylation sites (tertiary alicyclic amines) is 1. The van der Waals surface area contributed by atoms with Crippen molar-refractivity contribution in [3.05, 3.63) is 0 Å². The molecule has 66 valence electrons. The van der Waals surface area contributed by atoms with E-state index in [9.17, 15) is 8.78 Å². The molecular formula is C8H15F2N. The normalized spacial score (nSPS) is 31.1. The van der Waals surface area contributed by atoms with Gasteiger partial charge in [0, 0.05) is 12.5 Å². The highest BCUT2D eigenvalue weighted by molar-refractivity contribution is 4.88. The van der Waals surface area contributed by atoms with Crippen LogP contribution in [0.1, 0.15) is 26.7 Å². The molecule has 1 saturated heterocycles. The van der Waals surface area contributed by atoms with E-state index in [1.807, 2.05) is 18.7 Å². The number of alkyl halides is 2. The average molecular weight is 163 g/mol. The smallest absolute Gasteiger partial charge is 0.262 e. The fourth-order valence-corrected chi connectivity index (χ4v) is 1.74. The maximum atomic E-state index is 12.8. The summed E-state index contributed by atoms with van der Waals surface area (Å²) in [4.78, 5) is 1.86. The molecule has 1 aliphatic rings. The van der Waals surface area contributed by atoms with Crippen molar-refractivity contribution in [1.29, 1.82) is 0 Å². The fourth-order valence-electron chi connectivity index (χ4n) is 1.74. The van der Waals surface area contributed by atoms with Crippen LogP contribution in [0.25, 0.3) is 0 Å². The fraction of sp³-hybridized carbons (Fsp3) is 1.00. The maximum absolute atomic E-state index is 12.8. The molecule has 0 bridgehead atoms. The first-order valence-electron chi connectivity index (χ1n) is 4.21. The maximum Gasteiger partial charge on any atom is 0.262 e. The minimum Gasteiger partial charge on any atom is -0.295 e. The van der Waals surface area contributed by atoms with Crippen molar-refractivity contribution in [3.8, 4) is 0 Å². The lowest BCUT2D eigenvalue weighted by molar-refractivity contribution is 0.0124. The van der Waals surface area contributed by atoms with Crippen molar-refractivity contribution in [2.75, 3.05) is 13.1 Å². The third-order valence-corrected chi connectivity index (χ3v) is 2.36. The number of rotatable bonds is 2. The Hall–Kier alpha value is -0.180. The summed E-state index contributed by atoms with van der Waals surface area (Å²) in [5, 5.41) is 0. The first kappa shape index (κ1) is 8.91. The Morgan fingerprint density at radius 2 is 2.09 bits per heavy atom. The molecule has 1 atom stereocenters. The summed E-state index contributed by atoms with van der Waals surface area (Å²) in [5.41, 5.74) is 0. The minimum absolute atomic E-state index is 0.0397. The van der Waals surface area contributed by atoms with Crippen LogP contribution >= 0.6 is 0 Å². The Kier molecular flexibility index (Phi) is 2.47. The van der Waals surface area contributed by atoms with Crippen LogP contribution in [-0.2, 0) is 0 Å². The van der Waals surface area contributed by atoms with E-state index in [-0.39, 0.29) is 19.0 Å². The van der Waals surface area contributed by atoms with Gasteiger partial charge in [-0.05, 0) is 13.0 Å². The second kappa shape index (κ2) is 3.05. The van der Waals surface area contributed by atoms with Crippen molar-refractivity contribution in [1.82, 2.24) is 4.90 Å². The van der Waals surface area contributed by atoms with Gasteiger partial charge in [0.15, 0.2) is 0 Å². The minimum atomic E-state index is -2.43. The van der Waals surface area contributed by atoms with E-state index in [2.05, 4.69) is 0 Å². The number of hydrogen-bond acceptors (Lipinski definition) is 1. The zero-order valence-corrected chi connectivity index (χ0v) is 7.11. The lowest BCUT2D eigenvalue weighted by Gasteiger charge is -2.19. The van der Waals surface area contributed by atoms with Crippen molar-refractivity contribution in [2.24, 2.45) is 0 Å². The zero-order chi connectivity index (χ0) is 8.48. The Morgan fingerprint density at radius 1 is 1.45 bits per heavy atom. The van der Waals surface area contributed by atoms with Crippen LogP contribution in [0.4, 0.5) is 8.78 Å². The molecule has 0 aromatic rings. The van der Waals surface area contributed by atoms with Gasteiger partial charge in [0.05, 0.1) is 6.54 Å². The SMILES string of the molecule is CC[C@@H]1CC(F)(F)CN1CC. The van der Waals surface area contributed by atoms with Crippen molar-refractivity contribution in [3.63, 3.8) is 0 Å². The first-order chi connectivity index (χ1) is 5.09. The highest BCUT2D eigenvalue weighted by Gasteiger charge is 2.43. The molecule has 0 aromatic carbocycles. The molecule has 1 heterocycles. The van der Waals surface area contributed by atoms with E-state index in [4.69, 9.17) is 0 Å². The van der Waals surface area contributed by atoms with E-state index in [1.54, 1.807) is 0 Å². The van der Waals surface area contributed by atoms with E-state index in [1.165, 1.54) is 0 Å². The third kappa shape index (κ3) is 1.89. The standard InChI is InChI=1S/C8H15F2N/c1-3-7-5-8(9,10)6-11(7)4-2/h7H,3-6H2,1-2H3/t7-/m1/s1. The molecule has 0 spiro atoms. The summed E-state index contributed by atoms with van der Waals surface area (Å²) in [7, 11) is 0. The monoisotopic (exact) mass is 163 g/mol. The van der Waals surface area contributed by atoms with Gasteiger partial charge in [-0.15, -0.1) is 0 Å². The molecule has 0 aromatic heterocycles. The lowest BCUT2D eigenvalue weighted by atomic mass is 10.1. The second-order valence-electron chi connectivity index (χ2n) is 3.19. The van der Waals surface area contributed by atoms with Gasteiger partial charge >= 0.3 is 0 Å². The van der Waals surface area contributed by atoms with Crippen LogP contribution in [0.15, 0.2) is 0 Å². The lowest BCUT2D eigenvalue weighted by Crippen LogP contribution is -2.29. The molecule has 0 radical (unpaired) electrons. The number of halogens is 2. The Morgan fingerprint density at radius 3 is 2.45 bits per heavy atom. The summed E-state index contributed by atoms with van der Waals surface area (Å²) >= 11 is 0. The van der Waals surface area contributed by atoms with E-state index < -0.39 is 5.92 Å². The van der Waals surface area contributed by atoms with Gasteiger partial charge in [0.25, 0.3) is 5.92 Å². The highest BCUT2D eigenvalue weighted by Crippen LogP contribution is 2.32. The van der Waals surface area contributed by atoms with Crippen LogP contribution in [0.2, 0.25) is 0 Å². The molecule has 1 fully saturated rings. The van der Waals surface area contributed by atoms with Crippen molar-refractivity contribution < 1.29 is 8.78 Å². The predicted octanol–water partition coefficient (Wildman–Crippen LogP) is 2.13. The van der Waals surface area contributed by atoms with Gasteiger partial charge in [-0.1, -0.05) is 13.8 Å². The van der Waals surface area contributed by atoms with E-state index in [0.717, 1.165) is 13.0 Å². The summed E-state index contributed by atoms with van der Waals surface area (Å²) in [6, 6.07) is 0.106. The molecule has 0 aliphatic carbocycles. The van der Waals surface area contributed by atoms with Gasteiger partial charge in [-0.25, -0.2) is 8.78 Å². The molecule has 1 nitrogen and oxygen atoms in total. The molecule has 0 saturated carbocycles.